The summed E-state index contributed by atoms with van der Waals surface area (Å²) in [7, 11) is 1.91. The van der Waals surface area contributed by atoms with Crippen LogP contribution in [0.3, 0.4) is 0 Å². The lowest BCUT2D eigenvalue weighted by Crippen LogP contribution is -2.36. The molecule has 3 rings (SSSR count). The van der Waals surface area contributed by atoms with Gasteiger partial charge in [0.1, 0.15) is 0 Å². The molecule has 0 saturated carbocycles. The highest BCUT2D eigenvalue weighted by atomic mass is 32.2. The summed E-state index contributed by atoms with van der Waals surface area (Å²) in [5.74, 6) is 1.99. The maximum absolute atomic E-state index is 11.9. The number of hydrogen-bond donors (Lipinski definition) is 0. The van der Waals surface area contributed by atoms with Crippen LogP contribution in [0.2, 0.25) is 0 Å². The molecule has 1 saturated heterocycles. The molecule has 3 nitrogen and oxygen atoms in total. The molecule has 1 atom stereocenters. The maximum Gasteiger partial charge on any atom is 0.236 e. The predicted molar refractivity (Wildman–Crippen MR) is 78.6 cm³/mol. The number of hydrogen-bond acceptors (Lipinski definition) is 3. The quantitative estimate of drug-likeness (QED) is 0.826. The highest BCUT2D eigenvalue weighted by molar-refractivity contribution is 7.99. The van der Waals surface area contributed by atoms with E-state index in [2.05, 4.69) is 29.2 Å². The molecule has 0 N–H and O–H groups in total. The SMILES string of the molecule is CN1CCCN(CC2CSc3ccccc32)CC1=O. The second-order valence-electron chi connectivity index (χ2n) is 5.45. The number of likely N-dealkylation sites (N-methyl/N-ethyl adjacent to an activating group) is 1. The Kier molecular flexibility index (Phi) is 3.80. The fourth-order valence-electron chi connectivity index (χ4n) is 2.90. The number of nitrogens with zero attached hydrogens (tertiary/aromatic N) is 2. The zero-order valence-electron chi connectivity index (χ0n) is 11.3. The third kappa shape index (κ3) is 2.79. The van der Waals surface area contributed by atoms with E-state index in [0.29, 0.717) is 12.5 Å². The zero-order valence-corrected chi connectivity index (χ0v) is 12.2. The molecule has 2 aliphatic heterocycles. The van der Waals surface area contributed by atoms with Crippen molar-refractivity contribution in [2.45, 2.75) is 17.2 Å². The van der Waals surface area contributed by atoms with Gasteiger partial charge in [-0.05, 0) is 18.1 Å². The molecule has 102 valence electrons. The van der Waals surface area contributed by atoms with Crippen LogP contribution in [0.15, 0.2) is 29.2 Å². The van der Waals surface area contributed by atoms with Gasteiger partial charge in [0.15, 0.2) is 0 Å². The van der Waals surface area contributed by atoms with Crippen molar-refractivity contribution in [3.05, 3.63) is 29.8 Å². The van der Waals surface area contributed by atoms with E-state index in [0.717, 1.165) is 31.8 Å². The fraction of sp³-hybridized carbons (Fsp3) is 0.533. The van der Waals surface area contributed by atoms with Crippen LogP contribution >= 0.6 is 11.8 Å². The van der Waals surface area contributed by atoms with Gasteiger partial charge in [-0.2, -0.15) is 0 Å². The van der Waals surface area contributed by atoms with Crippen LogP contribution < -0.4 is 0 Å². The van der Waals surface area contributed by atoms with Crippen molar-refractivity contribution in [2.75, 3.05) is 39.0 Å². The minimum Gasteiger partial charge on any atom is -0.345 e. The van der Waals surface area contributed by atoms with Crippen LogP contribution in [-0.2, 0) is 4.79 Å². The monoisotopic (exact) mass is 276 g/mol. The van der Waals surface area contributed by atoms with Crippen molar-refractivity contribution in [2.24, 2.45) is 0 Å². The molecule has 19 heavy (non-hydrogen) atoms. The number of fused-ring (bicyclic) bond motifs is 1. The number of thioether (sulfide) groups is 1. The molecular weight excluding hydrogens is 256 g/mol. The molecule has 1 amide bonds. The summed E-state index contributed by atoms with van der Waals surface area (Å²) in [6.07, 6.45) is 1.09. The topological polar surface area (TPSA) is 23.6 Å². The molecule has 1 unspecified atom stereocenters. The minimum absolute atomic E-state index is 0.261. The van der Waals surface area contributed by atoms with Crippen LogP contribution in [0.5, 0.6) is 0 Å². The van der Waals surface area contributed by atoms with Gasteiger partial charge in [-0.3, -0.25) is 9.69 Å². The Morgan fingerprint density at radius 3 is 3.05 bits per heavy atom. The molecule has 1 aromatic carbocycles. The lowest BCUT2D eigenvalue weighted by molar-refractivity contribution is -0.129. The highest BCUT2D eigenvalue weighted by Crippen LogP contribution is 2.39. The summed E-state index contributed by atoms with van der Waals surface area (Å²) in [6.45, 7) is 3.54. The van der Waals surface area contributed by atoms with Crippen LogP contribution in [-0.4, -0.2) is 54.7 Å². The van der Waals surface area contributed by atoms with E-state index in [9.17, 15) is 4.79 Å². The average molecular weight is 276 g/mol. The van der Waals surface area contributed by atoms with Gasteiger partial charge < -0.3 is 4.90 Å². The molecule has 0 aromatic heterocycles. The van der Waals surface area contributed by atoms with Crippen LogP contribution in [0.4, 0.5) is 0 Å². The first kappa shape index (κ1) is 13.0. The first-order chi connectivity index (χ1) is 9.24. The highest BCUT2D eigenvalue weighted by Gasteiger charge is 2.27. The Morgan fingerprint density at radius 1 is 1.32 bits per heavy atom. The summed E-state index contributed by atoms with van der Waals surface area (Å²) in [6, 6.07) is 8.69. The number of carbonyl (C=O) groups is 1. The fourth-order valence-corrected chi connectivity index (χ4v) is 4.14. The van der Waals surface area contributed by atoms with Gasteiger partial charge in [0, 0.05) is 43.2 Å². The molecule has 0 spiro atoms. The molecule has 1 fully saturated rings. The normalized spacial score (nSPS) is 24.4. The molecule has 2 heterocycles. The van der Waals surface area contributed by atoms with E-state index in [1.165, 1.54) is 10.5 Å². The van der Waals surface area contributed by atoms with Gasteiger partial charge in [0.05, 0.1) is 6.54 Å². The lowest BCUT2D eigenvalue weighted by atomic mass is 10.0. The third-order valence-electron chi connectivity index (χ3n) is 4.03. The molecule has 4 heteroatoms. The smallest absolute Gasteiger partial charge is 0.236 e. The molecule has 1 aromatic rings. The second-order valence-corrected chi connectivity index (χ2v) is 6.51. The van der Waals surface area contributed by atoms with Gasteiger partial charge in [-0.1, -0.05) is 18.2 Å². The van der Waals surface area contributed by atoms with Crippen molar-refractivity contribution >= 4 is 17.7 Å². The molecule has 0 aliphatic carbocycles. The average Bonchev–Trinajstić information content (AvgIpc) is 2.74. The third-order valence-corrected chi connectivity index (χ3v) is 5.28. The Labute approximate surface area is 119 Å². The van der Waals surface area contributed by atoms with Crippen LogP contribution in [0.1, 0.15) is 17.9 Å². The predicted octanol–water partition coefficient (Wildman–Crippen LogP) is 2.04. The molecule has 0 radical (unpaired) electrons. The Morgan fingerprint density at radius 2 is 2.16 bits per heavy atom. The largest absolute Gasteiger partial charge is 0.345 e. The number of amides is 1. The van der Waals surface area contributed by atoms with Crippen molar-refractivity contribution < 1.29 is 4.79 Å². The zero-order chi connectivity index (χ0) is 13.2. The van der Waals surface area contributed by atoms with E-state index in [4.69, 9.17) is 0 Å². The summed E-state index contributed by atoms with van der Waals surface area (Å²) in [5.41, 5.74) is 1.47. The van der Waals surface area contributed by atoms with Crippen molar-refractivity contribution in [3.8, 4) is 0 Å². The second kappa shape index (κ2) is 5.55. The van der Waals surface area contributed by atoms with E-state index < -0.39 is 0 Å². The standard InChI is InChI=1S/C15H20N2OS/c1-16-7-4-8-17(10-15(16)18)9-12-11-19-14-6-3-2-5-13(12)14/h2-3,5-6,12H,4,7-11H2,1H3. The number of carbonyl (C=O) groups excluding carboxylic acids is 1. The Bertz CT molecular complexity index is 477. The van der Waals surface area contributed by atoms with Gasteiger partial charge in [-0.15, -0.1) is 11.8 Å². The number of benzene rings is 1. The van der Waals surface area contributed by atoms with Crippen molar-refractivity contribution in [1.29, 1.82) is 0 Å². The van der Waals surface area contributed by atoms with E-state index in [1.807, 2.05) is 23.7 Å². The van der Waals surface area contributed by atoms with Gasteiger partial charge >= 0.3 is 0 Å². The van der Waals surface area contributed by atoms with Crippen molar-refractivity contribution in [3.63, 3.8) is 0 Å². The van der Waals surface area contributed by atoms with Gasteiger partial charge in [0.25, 0.3) is 0 Å². The molecule has 0 bridgehead atoms. The van der Waals surface area contributed by atoms with Gasteiger partial charge in [0.2, 0.25) is 5.91 Å². The van der Waals surface area contributed by atoms with Gasteiger partial charge in [-0.25, -0.2) is 0 Å². The first-order valence-electron chi connectivity index (χ1n) is 6.92. The van der Waals surface area contributed by atoms with E-state index >= 15 is 0 Å². The maximum atomic E-state index is 11.9. The molecular formula is C15H20N2OS. The van der Waals surface area contributed by atoms with Crippen LogP contribution in [0.25, 0.3) is 0 Å². The van der Waals surface area contributed by atoms with E-state index in [-0.39, 0.29) is 5.91 Å². The van der Waals surface area contributed by atoms with Crippen LogP contribution in [0, 0.1) is 0 Å². The summed E-state index contributed by atoms with van der Waals surface area (Å²) >= 11 is 1.95. The Hall–Kier alpha value is -1.00. The lowest BCUT2D eigenvalue weighted by Gasteiger charge is -2.23. The first-order valence-corrected chi connectivity index (χ1v) is 7.90. The minimum atomic E-state index is 0.261. The Balaban J connectivity index is 1.68. The summed E-state index contributed by atoms with van der Waals surface area (Å²) in [4.78, 5) is 17.5. The van der Waals surface area contributed by atoms with E-state index in [1.54, 1.807) is 0 Å². The number of rotatable bonds is 2. The molecule has 2 aliphatic rings. The summed E-state index contributed by atoms with van der Waals surface area (Å²) in [5, 5.41) is 0. The van der Waals surface area contributed by atoms with Crippen molar-refractivity contribution in [1.82, 2.24) is 9.80 Å². The summed E-state index contributed by atoms with van der Waals surface area (Å²) < 4.78 is 0.